The van der Waals surface area contributed by atoms with E-state index in [-0.39, 0.29) is 10.6 Å². The molecule has 0 heterocycles. The van der Waals surface area contributed by atoms with Crippen molar-refractivity contribution < 1.29 is 8.94 Å². The lowest BCUT2D eigenvalue weighted by Gasteiger charge is -2.18. The van der Waals surface area contributed by atoms with Gasteiger partial charge in [0.1, 0.15) is 21.9 Å². The topological polar surface area (TPSA) is 35.4 Å². The van der Waals surface area contributed by atoms with Crippen LogP contribution in [0.25, 0.3) is 0 Å². The van der Waals surface area contributed by atoms with Crippen LogP contribution in [-0.4, -0.2) is 15.0 Å². The molecule has 0 saturated heterocycles. The average Bonchev–Trinajstić information content (AvgIpc) is 2.27. The van der Waals surface area contributed by atoms with Crippen LogP contribution >= 0.6 is 0 Å². The van der Waals surface area contributed by atoms with Crippen molar-refractivity contribution in [3.8, 4) is 0 Å². The fraction of sp³-hybridized carbons (Fsp3) is 0.500. The highest BCUT2D eigenvalue weighted by molar-refractivity contribution is 7.91. The first kappa shape index (κ1) is 15.2. The van der Waals surface area contributed by atoms with Gasteiger partial charge >= 0.3 is 0 Å². The number of nitrogens with zero attached hydrogens (tertiary/aromatic N) is 1. The molecule has 0 spiro atoms. The molecular weight excluding hydrogens is 249 g/mol. The molecule has 0 radical (unpaired) electrons. The van der Waals surface area contributed by atoms with Crippen molar-refractivity contribution in [2.75, 3.05) is 0 Å². The SMILES string of the molecule is CC(CCc1ccc(F)cc1)=N[S@+]([O-])C(C)(C)C. The number of benzene rings is 1. The van der Waals surface area contributed by atoms with Crippen LogP contribution in [0, 0.1) is 5.82 Å². The Hall–Kier alpha value is -0.870. The van der Waals surface area contributed by atoms with Crippen molar-refractivity contribution in [3.63, 3.8) is 0 Å². The molecule has 0 amide bonds. The minimum Gasteiger partial charge on any atom is -0.591 e. The lowest BCUT2D eigenvalue weighted by Crippen LogP contribution is -2.26. The van der Waals surface area contributed by atoms with Crippen LogP contribution in [0.3, 0.4) is 0 Å². The Labute approximate surface area is 112 Å². The summed E-state index contributed by atoms with van der Waals surface area (Å²) in [5.74, 6) is -0.224. The summed E-state index contributed by atoms with van der Waals surface area (Å²) in [6.07, 6.45) is 1.53. The van der Waals surface area contributed by atoms with Crippen LogP contribution in [0.2, 0.25) is 0 Å². The van der Waals surface area contributed by atoms with Gasteiger partial charge in [0.15, 0.2) is 0 Å². The third kappa shape index (κ3) is 5.19. The van der Waals surface area contributed by atoms with E-state index < -0.39 is 11.4 Å². The van der Waals surface area contributed by atoms with E-state index in [1.54, 1.807) is 12.1 Å². The van der Waals surface area contributed by atoms with E-state index in [1.165, 1.54) is 12.1 Å². The maximum absolute atomic E-state index is 12.7. The molecule has 0 aromatic heterocycles. The van der Waals surface area contributed by atoms with Gasteiger partial charge in [0.25, 0.3) is 0 Å². The number of rotatable bonds is 4. The van der Waals surface area contributed by atoms with E-state index in [0.717, 1.165) is 24.1 Å². The van der Waals surface area contributed by atoms with Gasteiger partial charge in [-0.15, -0.1) is 0 Å². The minimum absolute atomic E-state index is 0.224. The Bertz CT molecular complexity index is 409. The molecule has 2 nitrogen and oxygen atoms in total. The molecule has 0 saturated carbocycles. The molecule has 4 heteroatoms. The molecule has 1 aromatic carbocycles. The molecule has 0 aliphatic heterocycles. The molecule has 100 valence electrons. The lowest BCUT2D eigenvalue weighted by atomic mass is 10.1. The summed E-state index contributed by atoms with van der Waals surface area (Å²) in [6.45, 7) is 7.59. The zero-order chi connectivity index (χ0) is 13.8. The standard InChI is InChI=1S/C14H20FNOS/c1-11(16-18(17)14(2,3)4)5-6-12-7-9-13(15)10-8-12/h7-10H,5-6H2,1-4H3/t18-/m1/s1. The van der Waals surface area contributed by atoms with E-state index in [0.29, 0.717) is 0 Å². The molecular formula is C14H20FNOS. The van der Waals surface area contributed by atoms with Gasteiger partial charge in [-0.1, -0.05) is 16.5 Å². The van der Waals surface area contributed by atoms with Crippen LogP contribution in [-0.2, 0) is 17.8 Å². The van der Waals surface area contributed by atoms with E-state index in [9.17, 15) is 8.94 Å². The highest BCUT2D eigenvalue weighted by Crippen LogP contribution is 2.17. The minimum atomic E-state index is -1.20. The van der Waals surface area contributed by atoms with E-state index in [4.69, 9.17) is 0 Å². The molecule has 0 aliphatic rings. The van der Waals surface area contributed by atoms with Crippen molar-refractivity contribution in [1.29, 1.82) is 0 Å². The van der Waals surface area contributed by atoms with Gasteiger partial charge in [-0.2, -0.15) is 0 Å². The number of halogens is 1. The van der Waals surface area contributed by atoms with E-state index in [1.807, 2.05) is 27.7 Å². The quantitative estimate of drug-likeness (QED) is 0.606. The van der Waals surface area contributed by atoms with Crippen molar-refractivity contribution in [3.05, 3.63) is 35.6 Å². The Morgan fingerprint density at radius 2 is 1.83 bits per heavy atom. The molecule has 0 unspecified atom stereocenters. The van der Waals surface area contributed by atoms with Gasteiger partial charge in [-0.05, 0) is 58.2 Å². The summed E-state index contributed by atoms with van der Waals surface area (Å²) in [4.78, 5) is 0. The van der Waals surface area contributed by atoms with Crippen LogP contribution in [0.15, 0.2) is 28.7 Å². The molecule has 0 fully saturated rings. The second kappa shape index (κ2) is 6.34. The second-order valence-corrected chi connectivity index (χ2v) is 7.22. The number of aryl methyl sites for hydroxylation is 1. The normalized spacial score (nSPS) is 14.7. The summed E-state index contributed by atoms with van der Waals surface area (Å²) < 4.78 is 28.4. The van der Waals surface area contributed by atoms with Crippen LogP contribution in [0.4, 0.5) is 4.39 Å². The Morgan fingerprint density at radius 3 is 2.33 bits per heavy atom. The molecule has 18 heavy (non-hydrogen) atoms. The summed E-state index contributed by atoms with van der Waals surface area (Å²) >= 11 is -1.20. The second-order valence-electron chi connectivity index (χ2n) is 5.31. The average molecular weight is 269 g/mol. The fourth-order valence-corrected chi connectivity index (χ4v) is 1.95. The van der Waals surface area contributed by atoms with Gasteiger partial charge in [0.05, 0.1) is 5.71 Å². The molecule has 0 N–H and O–H groups in total. The molecule has 1 atom stereocenters. The van der Waals surface area contributed by atoms with Crippen molar-refractivity contribution >= 4 is 17.1 Å². The van der Waals surface area contributed by atoms with Crippen LogP contribution < -0.4 is 0 Å². The van der Waals surface area contributed by atoms with E-state index >= 15 is 0 Å². The van der Waals surface area contributed by atoms with E-state index in [2.05, 4.69) is 4.40 Å². The predicted molar refractivity (Wildman–Crippen MR) is 75.7 cm³/mol. The Balaban J connectivity index is 2.53. The van der Waals surface area contributed by atoms with Crippen LogP contribution in [0.1, 0.15) is 39.7 Å². The first-order valence-corrected chi connectivity index (χ1v) is 7.10. The maximum Gasteiger partial charge on any atom is 0.144 e. The van der Waals surface area contributed by atoms with Gasteiger partial charge in [-0.3, -0.25) is 0 Å². The predicted octanol–water partition coefficient (Wildman–Crippen LogP) is 3.68. The summed E-state index contributed by atoms with van der Waals surface area (Å²) in [7, 11) is 0. The van der Waals surface area contributed by atoms with Gasteiger partial charge in [0.2, 0.25) is 0 Å². The monoisotopic (exact) mass is 269 g/mol. The van der Waals surface area contributed by atoms with Gasteiger partial charge < -0.3 is 4.55 Å². The largest absolute Gasteiger partial charge is 0.591 e. The zero-order valence-electron chi connectivity index (χ0n) is 11.4. The first-order chi connectivity index (χ1) is 8.29. The Kier molecular flexibility index (Phi) is 5.35. The Morgan fingerprint density at radius 1 is 1.28 bits per heavy atom. The fourth-order valence-electron chi connectivity index (χ4n) is 1.30. The molecule has 0 aliphatic carbocycles. The smallest absolute Gasteiger partial charge is 0.144 e. The molecule has 1 aromatic rings. The van der Waals surface area contributed by atoms with Crippen molar-refractivity contribution in [1.82, 2.24) is 0 Å². The first-order valence-electron chi connectivity index (χ1n) is 5.99. The lowest BCUT2D eigenvalue weighted by molar-refractivity contribution is 0.561. The molecule has 1 rings (SSSR count). The summed E-state index contributed by atoms with van der Waals surface area (Å²) in [6, 6.07) is 6.44. The van der Waals surface area contributed by atoms with Crippen molar-refractivity contribution in [2.24, 2.45) is 4.40 Å². The third-order valence-corrected chi connectivity index (χ3v) is 3.98. The highest BCUT2D eigenvalue weighted by Gasteiger charge is 2.26. The van der Waals surface area contributed by atoms with Crippen molar-refractivity contribution in [2.45, 2.75) is 45.3 Å². The van der Waals surface area contributed by atoms with Crippen LogP contribution in [0.5, 0.6) is 0 Å². The van der Waals surface area contributed by atoms with Gasteiger partial charge in [-0.25, -0.2) is 4.39 Å². The zero-order valence-corrected chi connectivity index (χ0v) is 12.2. The highest BCUT2D eigenvalue weighted by atomic mass is 32.2. The number of hydrogen-bond donors (Lipinski definition) is 0. The summed E-state index contributed by atoms with van der Waals surface area (Å²) in [5, 5.41) is 0. The summed E-state index contributed by atoms with van der Waals surface area (Å²) in [5.41, 5.74) is 1.93. The molecule has 0 bridgehead atoms. The van der Waals surface area contributed by atoms with Gasteiger partial charge in [0, 0.05) is 0 Å². The number of hydrogen-bond acceptors (Lipinski definition) is 2. The third-order valence-electron chi connectivity index (χ3n) is 2.45. The maximum atomic E-state index is 12.7.